The van der Waals surface area contributed by atoms with Crippen LogP contribution in [0.2, 0.25) is 0 Å². The summed E-state index contributed by atoms with van der Waals surface area (Å²) in [7, 11) is 1.29. The second-order valence-corrected chi connectivity index (χ2v) is 5.45. The average molecular weight is 268 g/mol. The molecule has 0 aromatic carbocycles. The number of hydrogen-bond acceptors (Lipinski definition) is 5. The SMILES string of the molecule is COC(=O)/C=C/CCOC(=O)C1CC(C)(C)CC1=O. The van der Waals surface area contributed by atoms with Gasteiger partial charge in [-0.1, -0.05) is 19.9 Å². The van der Waals surface area contributed by atoms with Crippen molar-refractivity contribution in [2.45, 2.75) is 33.1 Å². The first-order valence-corrected chi connectivity index (χ1v) is 6.29. The summed E-state index contributed by atoms with van der Waals surface area (Å²) in [5.41, 5.74) is -0.119. The van der Waals surface area contributed by atoms with Gasteiger partial charge in [-0.2, -0.15) is 0 Å². The van der Waals surface area contributed by atoms with E-state index in [1.165, 1.54) is 13.2 Å². The maximum atomic E-state index is 11.7. The van der Waals surface area contributed by atoms with Crippen LogP contribution in [0.1, 0.15) is 33.1 Å². The first-order chi connectivity index (χ1) is 8.85. The predicted octanol–water partition coefficient (Wildman–Crippen LogP) is 1.65. The zero-order valence-electron chi connectivity index (χ0n) is 11.6. The van der Waals surface area contributed by atoms with Crippen molar-refractivity contribution < 1.29 is 23.9 Å². The topological polar surface area (TPSA) is 69.7 Å². The molecule has 106 valence electrons. The van der Waals surface area contributed by atoms with E-state index in [0.29, 0.717) is 19.3 Å². The van der Waals surface area contributed by atoms with E-state index < -0.39 is 17.9 Å². The van der Waals surface area contributed by atoms with E-state index in [2.05, 4.69) is 4.74 Å². The average Bonchev–Trinajstić information content (AvgIpc) is 2.61. The lowest BCUT2D eigenvalue weighted by atomic mass is 9.91. The molecule has 0 aliphatic heterocycles. The van der Waals surface area contributed by atoms with Crippen molar-refractivity contribution in [3.8, 4) is 0 Å². The highest BCUT2D eigenvalue weighted by Gasteiger charge is 2.42. The second kappa shape index (κ2) is 6.50. The Morgan fingerprint density at radius 2 is 2.11 bits per heavy atom. The van der Waals surface area contributed by atoms with Crippen LogP contribution in [0.3, 0.4) is 0 Å². The summed E-state index contributed by atoms with van der Waals surface area (Å²) in [5.74, 6) is -1.57. The molecule has 19 heavy (non-hydrogen) atoms. The molecular formula is C14H20O5. The summed E-state index contributed by atoms with van der Waals surface area (Å²) in [5, 5.41) is 0. The van der Waals surface area contributed by atoms with Crippen LogP contribution in [0, 0.1) is 11.3 Å². The zero-order chi connectivity index (χ0) is 14.5. The summed E-state index contributed by atoms with van der Waals surface area (Å²) < 4.78 is 9.46. The fraction of sp³-hybridized carbons (Fsp3) is 0.643. The third kappa shape index (κ3) is 4.85. The van der Waals surface area contributed by atoms with E-state index in [0.717, 1.165) is 0 Å². The Bertz CT molecular complexity index is 395. The highest BCUT2D eigenvalue weighted by molar-refractivity contribution is 6.01. The fourth-order valence-electron chi connectivity index (χ4n) is 2.12. The lowest BCUT2D eigenvalue weighted by molar-refractivity contribution is -0.150. The van der Waals surface area contributed by atoms with E-state index in [-0.39, 0.29) is 17.8 Å². The quantitative estimate of drug-likeness (QED) is 0.328. The molecule has 0 amide bonds. The Labute approximate surface area is 112 Å². The van der Waals surface area contributed by atoms with Crippen LogP contribution in [-0.4, -0.2) is 31.4 Å². The van der Waals surface area contributed by atoms with Crippen molar-refractivity contribution in [2.24, 2.45) is 11.3 Å². The third-order valence-electron chi connectivity index (χ3n) is 3.07. The first kappa shape index (κ1) is 15.4. The van der Waals surface area contributed by atoms with Crippen LogP contribution in [0.15, 0.2) is 12.2 Å². The van der Waals surface area contributed by atoms with Crippen LogP contribution in [0.25, 0.3) is 0 Å². The molecule has 0 N–H and O–H groups in total. The number of ether oxygens (including phenoxy) is 2. The van der Waals surface area contributed by atoms with Crippen LogP contribution >= 0.6 is 0 Å². The van der Waals surface area contributed by atoms with Gasteiger partial charge in [0, 0.05) is 18.9 Å². The molecule has 0 aromatic rings. The van der Waals surface area contributed by atoms with Crippen molar-refractivity contribution in [1.29, 1.82) is 0 Å². The predicted molar refractivity (Wildman–Crippen MR) is 68.2 cm³/mol. The van der Waals surface area contributed by atoms with E-state index in [1.807, 2.05) is 13.8 Å². The van der Waals surface area contributed by atoms with Gasteiger partial charge in [-0.3, -0.25) is 9.59 Å². The van der Waals surface area contributed by atoms with Gasteiger partial charge in [0.2, 0.25) is 0 Å². The molecule has 0 heterocycles. The molecule has 0 saturated heterocycles. The highest BCUT2D eigenvalue weighted by Crippen LogP contribution is 2.38. The number of Topliss-reactive ketones (excluding diaryl/α,β-unsaturated/α-hetero) is 1. The molecule has 0 bridgehead atoms. The molecule has 1 saturated carbocycles. The summed E-state index contributed by atoms with van der Waals surface area (Å²) in [6.45, 7) is 4.10. The number of carbonyl (C=O) groups excluding carboxylic acids is 3. The minimum Gasteiger partial charge on any atom is -0.466 e. The Kier molecular flexibility index (Phi) is 5.27. The molecule has 5 nitrogen and oxygen atoms in total. The molecular weight excluding hydrogens is 248 g/mol. The van der Waals surface area contributed by atoms with Crippen molar-refractivity contribution >= 4 is 17.7 Å². The molecule has 1 rings (SSSR count). The van der Waals surface area contributed by atoms with Gasteiger partial charge < -0.3 is 9.47 Å². The summed E-state index contributed by atoms with van der Waals surface area (Å²) >= 11 is 0. The summed E-state index contributed by atoms with van der Waals surface area (Å²) in [6.07, 6.45) is 4.24. The standard InChI is InChI=1S/C14H20O5/c1-14(2)8-10(11(15)9-14)13(17)19-7-5-4-6-12(16)18-3/h4,6,10H,5,7-9H2,1-3H3/b6-4+. The monoisotopic (exact) mass is 268 g/mol. The smallest absolute Gasteiger partial charge is 0.330 e. The fourth-order valence-corrected chi connectivity index (χ4v) is 2.12. The lowest BCUT2D eigenvalue weighted by Crippen LogP contribution is -2.21. The molecule has 5 heteroatoms. The molecule has 0 spiro atoms. The molecule has 1 fully saturated rings. The number of carbonyl (C=O) groups is 3. The van der Waals surface area contributed by atoms with Gasteiger partial charge in [-0.25, -0.2) is 4.79 Å². The van der Waals surface area contributed by atoms with Crippen LogP contribution < -0.4 is 0 Å². The van der Waals surface area contributed by atoms with Crippen molar-refractivity contribution in [1.82, 2.24) is 0 Å². The molecule has 0 aromatic heterocycles. The molecule has 1 aliphatic rings. The first-order valence-electron chi connectivity index (χ1n) is 6.29. The van der Waals surface area contributed by atoms with Crippen LogP contribution in [0.5, 0.6) is 0 Å². The van der Waals surface area contributed by atoms with Gasteiger partial charge in [0.1, 0.15) is 11.7 Å². The third-order valence-corrected chi connectivity index (χ3v) is 3.07. The number of ketones is 1. The lowest BCUT2D eigenvalue weighted by Gasteiger charge is -2.14. The number of hydrogen-bond donors (Lipinski definition) is 0. The number of esters is 2. The summed E-state index contributed by atoms with van der Waals surface area (Å²) in [6, 6.07) is 0. The van der Waals surface area contributed by atoms with E-state index in [4.69, 9.17) is 4.74 Å². The van der Waals surface area contributed by atoms with Crippen molar-refractivity contribution in [3.63, 3.8) is 0 Å². The van der Waals surface area contributed by atoms with Crippen molar-refractivity contribution in [3.05, 3.63) is 12.2 Å². The van der Waals surface area contributed by atoms with Gasteiger partial charge in [0.25, 0.3) is 0 Å². The van der Waals surface area contributed by atoms with Crippen LogP contribution in [-0.2, 0) is 23.9 Å². The van der Waals surface area contributed by atoms with Gasteiger partial charge in [-0.05, 0) is 11.8 Å². The maximum absolute atomic E-state index is 11.7. The second-order valence-electron chi connectivity index (χ2n) is 5.45. The number of rotatable bonds is 5. The Morgan fingerprint density at radius 1 is 1.42 bits per heavy atom. The zero-order valence-corrected chi connectivity index (χ0v) is 11.6. The molecule has 1 unspecified atom stereocenters. The van der Waals surface area contributed by atoms with Crippen molar-refractivity contribution in [2.75, 3.05) is 13.7 Å². The van der Waals surface area contributed by atoms with E-state index >= 15 is 0 Å². The van der Waals surface area contributed by atoms with Crippen LogP contribution in [0.4, 0.5) is 0 Å². The largest absolute Gasteiger partial charge is 0.466 e. The molecule has 1 atom stereocenters. The Hall–Kier alpha value is -1.65. The minimum atomic E-state index is -0.625. The summed E-state index contributed by atoms with van der Waals surface area (Å²) in [4.78, 5) is 34.2. The molecule has 1 aliphatic carbocycles. The Balaban J connectivity index is 2.31. The minimum absolute atomic E-state index is 0.0416. The van der Waals surface area contributed by atoms with Gasteiger partial charge in [0.15, 0.2) is 0 Å². The van der Waals surface area contributed by atoms with E-state index in [1.54, 1.807) is 6.08 Å². The van der Waals surface area contributed by atoms with Gasteiger partial charge in [0.05, 0.1) is 13.7 Å². The van der Waals surface area contributed by atoms with E-state index in [9.17, 15) is 14.4 Å². The highest BCUT2D eigenvalue weighted by atomic mass is 16.5. The maximum Gasteiger partial charge on any atom is 0.330 e. The normalized spacial score (nSPS) is 21.6. The van der Waals surface area contributed by atoms with Gasteiger partial charge >= 0.3 is 11.9 Å². The molecule has 0 radical (unpaired) electrons. The number of methoxy groups -OCH3 is 1. The van der Waals surface area contributed by atoms with Gasteiger partial charge in [-0.15, -0.1) is 0 Å². The Morgan fingerprint density at radius 3 is 2.63 bits per heavy atom.